The molecule has 0 aromatic rings. The summed E-state index contributed by atoms with van der Waals surface area (Å²) in [5.41, 5.74) is 0. The number of likely N-dealkylation sites (tertiary alicyclic amines) is 1. The van der Waals surface area contributed by atoms with Crippen LogP contribution in [0.5, 0.6) is 0 Å². The van der Waals surface area contributed by atoms with Crippen LogP contribution in [0.1, 0.15) is 26.2 Å². The Morgan fingerprint density at radius 2 is 2.24 bits per heavy atom. The van der Waals surface area contributed by atoms with Gasteiger partial charge in [0, 0.05) is 32.1 Å². The number of piperidine rings is 1. The predicted octanol–water partition coefficient (Wildman–Crippen LogP) is 0.144. The van der Waals surface area contributed by atoms with Crippen molar-refractivity contribution in [2.24, 2.45) is 5.92 Å². The van der Waals surface area contributed by atoms with Crippen LogP contribution in [-0.4, -0.2) is 59.9 Å². The van der Waals surface area contributed by atoms with Crippen molar-refractivity contribution in [1.82, 2.24) is 10.2 Å². The number of rotatable bonds is 7. The first-order chi connectivity index (χ1) is 8.15. The fraction of sp³-hybridized carbons (Fsp3) is 0.917. The Hall–Kier alpha value is -0.650. The molecule has 1 rings (SSSR count). The standard InChI is InChI=1S/C12H24N2O3/c1-2-4-14-8-10(7-12(16)17)6-11(9-14)13-3-5-15/h10-11,13,15H,2-9H2,1H3,(H,16,17). The molecule has 0 bridgehead atoms. The Morgan fingerprint density at radius 1 is 1.47 bits per heavy atom. The molecule has 3 N–H and O–H groups in total. The van der Waals surface area contributed by atoms with Crippen molar-refractivity contribution in [2.45, 2.75) is 32.2 Å². The number of carboxylic acid groups (broad SMARTS) is 1. The lowest BCUT2D eigenvalue weighted by molar-refractivity contribution is -0.138. The smallest absolute Gasteiger partial charge is 0.303 e. The molecule has 0 aliphatic carbocycles. The molecule has 0 aromatic heterocycles. The molecule has 0 aromatic carbocycles. The summed E-state index contributed by atoms with van der Waals surface area (Å²) in [6.07, 6.45) is 2.23. The predicted molar refractivity (Wildman–Crippen MR) is 66.0 cm³/mol. The van der Waals surface area contributed by atoms with E-state index in [-0.39, 0.29) is 18.9 Å². The van der Waals surface area contributed by atoms with E-state index in [2.05, 4.69) is 17.1 Å². The quantitative estimate of drug-likeness (QED) is 0.594. The third kappa shape index (κ3) is 5.48. The van der Waals surface area contributed by atoms with Gasteiger partial charge in [-0.3, -0.25) is 4.79 Å². The second kappa shape index (κ2) is 7.63. The highest BCUT2D eigenvalue weighted by atomic mass is 16.4. The summed E-state index contributed by atoms with van der Waals surface area (Å²) in [6, 6.07) is 0.312. The normalized spacial score (nSPS) is 26.0. The fourth-order valence-corrected chi connectivity index (χ4v) is 2.61. The van der Waals surface area contributed by atoms with Crippen LogP contribution < -0.4 is 5.32 Å². The molecule has 1 fully saturated rings. The maximum absolute atomic E-state index is 10.8. The van der Waals surface area contributed by atoms with Gasteiger partial charge < -0.3 is 20.4 Å². The molecule has 2 atom stereocenters. The number of aliphatic carboxylic acids is 1. The molecular weight excluding hydrogens is 220 g/mol. The highest BCUT2D eigenvalue weighted by Crippen LogP contribution is 2.20. The van der Waals surface area contributed by atoms with Crippen molar-refractivity contribution in [2.75, 3.05) is 32.8 Å². The Labute approximate surface area is 103 Å². The number of nitrogens with one attached hydrogen (secondary N) is 1. The molecule has 17 heavy (non-hydrogen) atoms. The van der Waals surface area contributed by atoms with E-state index in [4.69, 9.17) is 10.2 Å². The summed E-state index contributed by atoms with van der Waals surface area (Å²) in [5.74, 6) is -0.488. The largest absolute Gasteiger partial charge is 0.481 e. The molecule has 0 spiro atoms. The Morgan fingerprint density at radius 3 is 2.82 bits per heavy atom. The van der Waals surface area contributed by atoms with Crippen molar-refractivity contribution in [3.05, 3.63) is 0 Å². The molecule has 0 radical (unpaired) electrons. The number of aliphatic hydroxyl groups excluding tert-OH is 1. The molecule has 5 nitrogen and oxygen atoms in total. The Bertz CT molecular complexity index is 236. The topological polar surface area (TPSA) is 72.8 Å². The van der Waals surface area contributed by atoms with Gasteiger partial charge >= 0.3 is 5.97 Å². The molecule has 1 aliphatic heterocycles. The van der Waals surface area contributed by atoms with Gasteiger partial charge in [-0.15, -0.1) is 0 Å². The number of carbonyl (C=O) groups is 1. The highest BCUT2D eigenvalue weighted by molar-refractivity contribution is 5.67. The summed E-state index contributed by atoms with van der Waals surface area (Å²) >= 11 is 0. The van der Waals surface area contributed by atoms with Crippen molar-refractivity contribution in [3.8, 4) is 0 Å². The molecule has 100 valence electrons. The third-order valence-electron chi connectivity index (χ3n) is 3.16. The number of hydrogen-bond acceptors (Lipinski definition) is 4. The van der Waals surface area contributed by atoms with Crippen molar-refractivity contribution in [3.63, 3.8) is 0 Å². The molecule has 1 aliphatic rings. The van der Waals surface area contributed by atoms with Crippen LogP contribution in [0.3, 0.4) is 0 Å². The molecule has 1 saturated heterocycles. The first kappa shape index (κ1) is 14.4. The highest BCUT2D eigenvalue weighted by Gasteiger charge is 2.27. The van der Waals surface area contributed by atoms with Gasteiger partial charge in [0.25, 0.3) is 0 Å². The zero-order valence-corrected chi connectivity index (χ0v) is 10.6. The van der Waals surface area contributed by atoms with E-state index < -0.39 is 5.97 Å². The maximum Gasteiger partial charge on any atom is 0.303 e. The Kier molecular flexibility index (Phi) is 6.47. The van der Waals surface area contributed by atoms with Gasteiger partial charge in [-0.05, 0) is 25.3 Å². The van der Waals surface area contributed by atoms with Crippen molar-refractivity contribution < 1.29 is 15.0 Å². The minimum absolute atomic E-state index is 0.133. The van der Waals surface area contributed by atoms with Gasteiger partial charge in [0.05, 0.1) is 6.61 Å². The first-order valence-corrected chi connectivity index (χ1v) is 6.44. The van der Waals surface area contributed by atoms with Gasteiger partial charge in [-0.1, -0.05) is 6.92 Å². The van der Waals surface area contributed by atoms with Crippen LogP contribution in [-0.2, 0) is 4.79 Å². The van der Waals surface area contributed by atoms with Crippen LogP contribution in [0.15, 0.2) is 0 Å². The van der Waals surface area contributed by atoms with E-state index in [0.29, 0.717) is 12.6 Å². The summed E-state index contributed by atoms with van der Waals surface area (Å²) in [5, 5.41) is 21.0. The number of aliphatic hydroxyl groups is 1. The van der Waals surface area contributed by atoms with Crippen LogP contribution in [0.25, 0.3) is 0 Å². The average molecular weight is 244 g/mol. The van der Waals surface area contributed by atoms with E-state index in [1.807, 2.05) is 0 Å². The maximum atomic E-state index is 10.8. The van der Waals surface area contributed by atoms with Gasteiger partial charge in [-0.25, -0.2) is 0 Å². The van der Waals surface area contributed by atoms with E-state index in [0.717, 1.165) is 32.5 Å². The van der Waals surface area contributed by atoms with Gasteiger partial charge in [0.1, 0.15) is 0 Å². The summed E-state index contributed by atoms with van der Waals surface area (Å²) < 4.78 is 0. The van der Waals surface area contributed by atoms with Gasteiger partial charge in [0.2, 0.25) is 0 Å². The van der Waals surface area contributed by atoms with E-state index >= 15 is 0 Å². The first-order valence-electron chi connectivity index (χ1n) is 6.44. The number of carboxylic acids is 1. The van der Waals surface area contributed by atoms with Crippen molar-refractivity contribution >= 4 is 5.97 Å². The summed E-state index contributed by atoms with van der Waals surface area (Å²) in [7, 11) is 0. The summed E-state index contributed by atoms with van der Waals surface area (Å²) in [4.78, 5) is 13.1. The molecule has 0 saturated carbocycles. The molecule has 1 heterocycles. The van der Waals surface area contributed by atoms with E-state index in [1.54, 1.807) is 0 Å². The van der Waals surface area contributed by atoms with Crippen LogP contribution in [0.4, 0.5) is 0 Å². The zero-order valence-electron chi connectivity index (χ0n) is 10.6. The SMILES string of the molecule is CCCN1CC(CC(=O)O)CC(NCCO)C1. The molecular formula is C12H24N2O3. The second-order valence-electron chi connectivity index (χ2n) is 4.83. The minimum Gasteiger partial charge on any atom is -0.481 e. The molecule has 0 amide bonds. The number of hydrogen-bond donors (Lipinski definition) is 3. The monoisotopic (exact) mass is 244 g/mol. The molecule has 2 unspecified atom stereocenters. The minimum atomic E-state index is -0.714. The average Bonchev–Trinajstić information content (AvgIpc) is 2.25. The lowest BCUT2D eigenvalue weighted by atomic mass is 9.91. The second-order valence-corrected chi connectivity index (χ2v) is 4.83. The number of nitrogens with zero attached hydrogens (tertiary/aromatic N) is 1. The van der Waals surface area contributed by atoms with E-state index in [9.17, 15) is 4.79 Å². The van der Waals surface area contributed by atoms with Gasteiger partial charge in [-0.2, -0.15) is 0 Å². The third-order valence-corrected chi connectivity index (χ3v) is 3.16. The fourth-order valence-electron chi connectivity index (χ4n) is 2.61. The summed E-state index contributed by atoms with van der Waals surface area (Å²) in [6.45, 7) is 5.73. The Balaban J connectivity index is 2.46. The van der Waals surface area contributed by atoms with E-state index in [1.165, 1.54) is 0 Å². The lowest BCUT2D eigenvalue weighted by Crippen LogP contribution is -2.50. The zero-order chi connectivity index (χ0) is 12.7. The van der Waals surface area contributed by atoms with Crippen LogP contribution >= 0.6 is 0 Å². The van der Waals surface area contributed by atoms with Crippen molar-refractivity contribution in [1.29, 1.82) is 0 Å². The van der Waals surface area contributed by atoms with Gasteiger partial charge in [0.15, 0.2) is 0 Å². The van der Waals surface area contributed by atoms with Crippen LogP contribution in [0, 0.1) is 5.92 Å². The van der Waals surface area contributed by atoms with Crippen LogP contribution in [0.2, 0.25) is 0 Å². The molecule has 5 heteroatoms. The lowest BCUT2D eigenvalue weighted by Gasteiger charge is -2.37.